The minimum absolute atomic E-state index is 0.184. The largest absolute Gasteiger partial charge is 0.495 e. The zero-order valence-electron chi connectivity index (χ0n) is 18.0. The van der Waals surface area contributed by atoms with Crippen LogP contribution in [0.1, 0.15) is 31.3 Å². The molecule has 0 N–H and O–H groups in total. The lowest BCUT2D eigenvalue weighted by atomic mass is 10.0. The molecule has 0 saturated carbocycles. The van der Waals surface area contributed by atoms with Crippen molar-refractivity contribution in [3.63, 3.8) is 0 Å². The molecule has 7 heteroatoms. The second-order valence-corrected chi connectivity index (χ2v) is 8.06. The first-order valence-electron chi connectivity index (χ1n) is 10.6. The van der Waals surface area contributed by atoms with Gasteiger partial charge in [0, 0.05) is 26.2 Å². The Balaban J connectivity index is 1.50. The minimum atomic E-state index is 0.184. The van der Waals surface area contributed by atoms with E-state index in [0.29, 0.717) is 12.5 Å². The zero-order valence-corrected chi connectivity index (χ0v) is 18.0. The molecule has 7 nitrogen and oxygen atoms in total. The number of benzene rings is 2. The molecule has 1 aliphatic rings. The SMILES string of the molecule is COc1ccccc1N1CCN(C(c2nnnn2Cc2ccccc2)C(C)C)CC1. The topological polar surface area (TPSA) is 59.3 Å². The molecule has 1 saturated heterocycles. The third-order valence-electron chi connectivity index (χ3n) is 5.76. The third-order valence-corrected chi connectivity index (χ3v) is 5.76. The van der Waals surface area contributed by atoms with Crippen LogP contribution in [0.3, 0.4) is 0 Å². The van der Waals surface area contributed by atoms with E-state index in [0.717, 1.165) is 43.4 Å². The van der Waals surface area contributed by atoms with Crippen LogP contribution in [-0.4, -0.2) is 58.4 Å². The summed E-state index contributed by atoms with van der Waals surface area (Å²) in [5, 5.41) is 12.7. The number of piperazine rings is 1. The molecule has 2 heterocycles. The maximum absolute atomic E-state index is 5.56. The third kappa shape index (κ3) is 4.31. The molecule has 2 aromatic carbocycles. The van der Waals surface area contributed by atoms with E-state index in [9.17, 15) is 0 Å². The number of tetrazole rings is 1. The van der Waals surface area contributed by atoms with Crippen LogP contribution in [0.4, 0.5) is 5.69 Å². The van der Waals surface area contributed by atoms with Gasteiger partial charge in [0.2, 0.25) is 0 Å². The Hall–Kier alpha value is -2.93. The van der Waals surface area contributed by atoms with E-state index in [1.165, 1.54) is 5.56 Å². The van der Waals surface area contributed by atoms with Crippen molar-refractivity contribution in [2.24, 2.45) is 5.92 Å². The number of para-hydroxylation sites is 2. The molecule has 1 aromatic heterocycles. The van der Waals surface area contributed by atoms with Gasteiger partial charge in [0.05, 0.1) is 25.4 Å². The second-order valence-electron chi connectivity index (χ2n) is 8.06. The molecule has 4 rings (SSSR count). The number of hydrogen-bond acceptors (Lipinski definition) is 6. The molecular formula is C23H30N6O. The van der Waals surface area contributed by atoms with Crippen LogP contribution in [0.25, 0.3) is 0 Å². The fourth-order valence-corrected chi connectivity index (χ4v) is 4.31. The lowest BCUT2D eigenvalue weighted by molar-refractivity contribution is 0.135. The maximum Gasteiger partial charge on any atom is 0.169 e. The Morgan fingerprint density at radius 3 is 2.33 bits per heavy atom. The van der Waals surface area contributed by atoms with Crippen LogP contribution >= 0.6 is 0 Å². The second kappa shape index (κ2) is 9.26. The van der Waals surface area contributed by atoms with Crippen LogP contribution in [0.15, 0.2) is 54.6 Å². The van der Waals surface area contributed by atoms with Gasteiger partial charge >= 0.3 is 0 Å². The molecule has 1 fully saturated rings. The van der Waals surface area contributed by atoms with Crippen molar-refractivity contribution in [1.82, 2.24) is 25.1 Å². The number of methoxy groups -OCH3 is 1. The van der Waals surface area contributed by atoms with Gasteiger partial charge in [-0.1, -0.05) is 56.3 Å². The van der Waals surface area contributed by atoms with Crippen LogP contribution in [0.2, 0.25) is 0 Å². The van der Waals surface area contributed by atoms with Crippen LogP contribution in [-0.2, 0) is 6.54 Å². The standard InChI is InChI=1S/C23H30N6O/c1-18(2)22(23-24-25-26-29(23)17-19-9-5-4-6-10-19)28-15-13-27(14-16-28)20-11-7-8-12-21(20)30-3/h4-12,18,22H,13-17H2,1-3H3. The smallest absolute Gasteiger partial charge is 0.169 e. The highest BCUT2D eigenvalue weighted by atomic mass is 16.5. The van der Waals surface area contributed by atoms with Crippen molar-refractivity contribution in [2.45, 2.75) is 26.4 Å². The maximum atomic E-state index is 5.56. The molecule has 0 aliphatic carbocycles. The van der Waals surface area contributed by atoms with Crippen molar-refractivity contribution >= 4 is 5.69 Å². The Labute approximate surface area is 178 Å². The Bertz CT molecular complexity index is 934. The average Bonchev–Trinajstić information content (AvgIpc) is 3.22. The van der Waals surface area contributed by atoms with E-state index < -0.39 is 0 Å². The minimum Gasteiger partial charge on any atom is -0.495 e. The number of nitrogens with zero attached hydrogens (tertiary/aromatic N) is 6. The number of rotatable bonds is 7. The highest BCUT2D eigenvalue weighted by molar-refractivity contribution is 5.58. The predicted octanol–water partition coefficient (Wildman–Crippen LogP) is 3.25. The van der Waals surface area contributed by atoms with Gasteiger partial charge in [-0.25, -0.2) is 4.68 Å². The van der Waals surface area contributed by atoms with Crippen molar-refractivity contribution in [1.29, 1.82) is 0 Å². The molecule has 0 spiro atoms. The summed E-state index contributed by atoms with van der Waals surface area (Å²) in [6, 6.07) is 18.8. The Kier molecular flexibility index (Phi) is 6.28. The summed E-state index contributed by atoms with van der Waals surface area (Å²) in [5.74, 6) is 2.28. The lowest BCUT2D eigenvalue weighted by Gasteiger charge is -2.41. The van der Waals surface area contributed by atoms with Gasteiger partial charge in [0.25, 0.3) is 0 Å². The molecule has 3 aromatic rings. The molecule has 0 bridgehead atoms. The molecule has 0 radical (unpaired) electrons. The normalized spacial score (nSPS) is 16.1. The van der Waals surface area contributed by atoms with Crippen LogP contribution < -0.4 is 9.64 Å². The first kappa shape index (κ1) is 20.3. The summed E-state index contributed by atoms with van der Waals surface area (Å²) in [6.45, 7) is 9.00. The summed E-state index contributed by atoms with van der Waals surface area (Å²) in [5.41, 5.74) is 2.37. The summed E-state index contributed by atoms with van der Waals surface area (Å²) in [4.78, 5) is 4.92. The van der Waals surface area contributed by atoms with Crippen LogP contribution in [0.5, 0.6) is 5.75 Å². The van der Waals surface area contributed by atoms with Crippen LogP contribution in [0, 0.1) is 5.92 Å². The van der Waals surface area contributed by atoms with Gasteiger partial charge in [0.1, 0.15) is 5.75 Å². The summed E-state index contributed by atoms with van der Waals surface area (Å²) >= 11 is 0. The molecule has 158 valence electrons. The number of hydrogen-bond donors (Lipinski definition) is 0. The Morgan fingerprint density at radius 1 is 0.933 bits per heavy atom. The first-order valence-corrected chi connectivity index (χ1v) is 10.6. The zero-order chi connectivity index (χ0) is 20.9. The van der Waals surface area contributed by atoms with E-state index >= 15 is 0 Å². The first-order chi connectivity index (χ1) is 14.7. The van der Waals surface area contributed by atoms with Gasteiger partial charge in [-0.3, -0.25) is 4.90 Å². The summed E-state index contributed by atoms with van der Waals surface area (Å²) < 4.78 is 7.51. The van der Waals surface area contributed by atoms with E-state index in [1.807, 2.05) is 22.9 Å². The van der Waals surface area contributed by atoms with E-state index in [1.54, 1.807) is 7.11 Å². The number of ether oxygens (including phenoxy) is 1. The van der Waals surface area contributed by atoms with E-state index in [2.05, 4.69) is 75.6 Å². The lowest BCUT2D eigenvalue weighted by Crippen LogP contribution is -2.49. The van der Waals surface area contributed by atoms with Gasteiger partial charge in [-0.15, -0.1) is 5.10 Å². The molecule has 0 amide bonds. The fourth-order valence-electron chi connectivity index (χ4n) is 4.31. The van der Waals surface area contributed by atoms with Gasteiger partial charge < -0.3 is 9.64 Å². The number of anilines is 1. The Morgan fingerprint density at radius 2 is 1.63 bits per heavy atom. The molecule has 1 unspecified atom stereocenters. The van der Waals surface area contributed by atoms with Crippen molar-refractivity contribution in [3.8, 4) is 5.75 Å². The van der Waals surface area contributed by atoms with Gasteiger partial charge in [-0.2, -0.15) is 0 Å². The van der Waals surface area contributed by atoms with E-state index in [4.69, 9.17) is 4.74 Å². The molecular weight excluding hydrogens is 376 g/mol. The highest BCUT2D eigenvalue weighted by Crippen LogP contribution is 2.32. The van der Waals surface area contributed by atoms with Gasteiger partial charge in [0.15, 0.2) is 5.82 Å². The quantitative estimate of drug-likeness (QED) is 0.600. The monoisotopic (exact) mass is 406 g/mol. The molecule has 1 aliphatic heterocycles. The number of aromatic nitrogens is 4. The molecule has 30 heavy (non-hydrogen) atoms. The van der Waals surface area contributed by atoms with Crippen molar-refractivity contribution in [3.05, 3.63) is 66.0 Å². The summed E-state index contributed by atoms with van der Waals surface area (Å²) in [6.07, 6.45) is 0. The van der Waals surface area contributed by atoms with E-state index in [-0.39, 0.29) is 6.04 Å². The fraction of sp³-hybridized carbons (Fsp3) is 0.435. The predicted molar refractivity (Wildman–Crippen MR) is 118 cm³/mol. The highest BCUT2D eigenvalue weighted by Gasteiger charge is 2.32. The van der Waals surface area contributed by atoms with Gasteiger partial charge in [-0.05, 0) is 34.0 Å². The van der Waals surface area contributed by atoms with Crippen molar-refractivity contribution < 1.29 is 4.74 Å². The summed E-state index contributed by atoms with van der Waals surface area (Å²) in [7, 11) is 1.73. The van der Waals surface area contributed by atoms with Crippen molar-refractivity contribution in [2.75, 3.05) is 38.2 Å². The molecule has 1 atom stereocenters. The average molecular weight is 407 g/mol.